The SMILES string of the molecule is CC1(C)c2ccccc2-c2ccc(-c3nc4ccccc4c4nnc(-c5ccc(-c6ccc(-c7nc(-c8ccccc8)nc(-c8ccccc8)n7)cc6)cc5)n34)cc21. The fraction of sp³-hybridized carbons (Fsp3) is 0.0588. The maximum absolute atomic E-state index is 5.27. The van der Waals surface area contributed by atoms with Gasteiger partial charge in [-0.3, -0.25) is 4.40 Å². The van der Waals surface area contributed by atoms with Gasteiger partial charge in [0.15, 0.2) is 28.9 Å². The number of rotatable bonds is 6. The van der Waals surface area contributed by atoms with Gasteiger partial charge in [-0.2, -0.15) is 0 Å². The average Bonchev–Trinajstić information content (AvgIpc) is 3.84. The summed E-state index contributed by atoms with van der Waals surface area (Å²) in [6, 6.07) is 60.6. The monoisotopic (exact) mass is 745 g/mol. The van der Waals surface area contributed by atoms with Crippen LogP contribution in [0.2, 0.25) is 0 Å². The minimum atomic E-state index is -0.135. The first-order valence-electron chi connectivity index (χ1n) is 19.5. The number of fused-ring (bicyclic) bond motifs is 6. The number of nitrogens with zero attached hydrogens (tertiary/aromatic N) is 7. The Kier molecular flexibility index (Phi) is 7.69. The molecular formula is C51H35N7. The van der Waals surface area contributed by atoms with Crippen molar-refractivity contribution in [1.29, 1.82) is 0 Å². The molecule has 7 heteroatoms. The lowest BCUT2D eigenvalue weighted by Crippen LogP contribution is -2.15. The van der Waals surface area contributed by atoms with Gasteiger partial charge in [-0.15, -0.1) is 10.2 Å². The van der Waals surface area contributed by atoms with E-state index in [-0.39, 0.29) is 5.41 Å². The minimum Gasteiger partial charge on any atom is -0.258 e. The third kappa shape index (κ3) is 5.51. The molecule has 7 nitrogen and oxygen atoms in total. The van der Waals surface area contributed by atoms with E-state index in [2.05, 4.69) is 115 Å². The summed E-state index contributed by atoms with van der Waals surface area (Å²) in [5, 5.41) is 10.5. The third-order valence-electron chi connectivity index (χ3n) is 11.4. The molecule has 0 unspecified atom stereocenters. The van der Waals surface area contributed by atoms with Crippen LogP contribution >= 0.6 is 0 Å². The molecule has 0 saturated carbocycles. The zero-order valence-electron chi connectivity index (χ0n) is 31.9. The zero-order chi connectivity index (χ0) is 38.8. The summed E-state index contributed by atoms with van der Waals surface area (Å²) in [5.74, 6) is 3.46. The predicted molar refractivity (Wildman–Crippen MR) is 232 cm³/mol. The van der Waals surface area contributed by atoms with E-state index < -0.39 is 0 Å². The quantitative estimate of drug-likeness (QED) is 0.169. The highest BCUT2D eigenvalue weighted by Crippen LogP contribution is 2.49. The van der Waals surface area contributed by atoms with Crippen LogP contribution in [0.15, 0.2) is 176 Å². The van der Waals surface area contributed by atoms with E-state index >= 15 is 0 Å². The lowest BCUT2D eigenvalue weighted by molar-refractivity contribution is 0.660. The van der Waals surface area contributed by atoms with Crippen molar-refractivity contribution in [1.82, 2.24) is 34.5 Å². The van der Waals surface area contributed by atoms with Crippen molar-refractivity contribution < 1.29 is 0 Å². The highest BCUT2D eigenvalue weighted by molar-refractivity contribution is 5.94. The van der Waals surface area contributed by atoms with Crippen LogP contribution in [0.5, 0.6) is 0 Å². The first kappa shape index (κ1) is 33.7. The van der Waals surface area contributed by atoms with Crippen molar-refractivity contribution in [3.63, 3.8) is 0 Å². The van der Waals surface area contributed by atoms with Crippen molar-refractivity contribution in [2.24, 2.45) is 0 Å². The van der Waals surface area contributed by atoms with E-state index in [1.54, 1.807) is 0 Å². The van der Waals surface area contributed by atoms with Crippen molar-refractivity contribution in [3.05, 3.63) is 187 Å². The maximum atomic E-state index is 5.27. The Balaban J connectivity index is 0.958. The molecule has 10 aromatic rings. The molecule has 0 radical (unpaired) electrons. The van der Waals surface area contributed by atoms with E-state index in [0.717, 1.165) is 67.1 Å². The van der Waals surface area contributed by atoms with Gasteiger partial charge in [-0.25, -0.2) is 19.9 Å². The molecule has 7 aromatic carbocycles. The highest BCUT2D eigenvalue weighted by Gasteiger charge is 2.35. The first-order valence-corrected chi connectivity index (χ1v) is 19.5. The molecule has 3 heterocycles. The molecule has 0 aliphatic heterocycles. The molecular weight excluding hydrogens is 711 g/mol. The molecule has 274 valence electrons. The number of para-hydroxylation sites is 1. The number of benzene rings is 7. The summed E-state index contributed by atoms with van der Waals surface area (Å²) < 4.78 is 2.12. The Morgan fingerprint density at radius 3 is 1.53 bits per heavy atom. The van der Waals surface area contributed by atoms with Gasteiger partial charge >= 0.3 is 0 Å². The van der Waals surface area contributed by atoms with Crippen LogP contribution < -0.4 is 0 Å². The van der Waals surface area contributed by atoms with Crippen LogP contribution in [-0.2, 0) is 5.41 Å². The second kappa shape index (κ2) is 13.2. The number of hydrogen-bond acceptors (Lipinski definition) is 6. The van der Waals surface area contributed by atoms with E-state index in [1.807, 2.05) is 78.9 Å². The van der Waals surface area contributed by atoms with Crippen molar-refractivity contribution >= 4 is 16.6 Å². The molecule has 58 heavy (non-hydrogen) atoms. The predicted octanol–water partition coefficient (Wildman–Crippen LogP) is 11.8. The van der Waals surface area contributed by atoms with E-state index in [1.165, 1.54) is 22.3 Å². The van der Waals surface area contributed by atoms with Crippen LogP contribution in [0.3, 0.4) is 0 Å². The van der Waals surface area contributed by atoms with Gasteiger partial charge in [-0.05, 0) is 51.6 Å². The molecule has 1 aliphatic carbocycles. The van der Waals surface area contributed by atoms with Crippen molar-refractivity contribution in [2.45, 2.75) is 19.3 Å². The van der Waals surface area contributed by atoms with Crippen LogP contribution in [0, 0.1) is 0 Å². The Bertz CT molecular complexity index is 3110. The van der Waals surface area contributed by atoms with Crippen molar-refractivity contribution in [3.8, 4) is 79.2 Å². The highest BCUT2D eigenvalue weighted by atomic mass is 15.3. The van der Waals surface area contributed by atoms with Gasteiger partial charge < -0.3 is 0 Å². The molecule has 0 fully saturated rings. The molecule has 0 N–H and O–H groups in total. The summed E-state index contributed by atoms with van der Waals surface area (Å²) in [7, 11) is 0. The Labute approximate surface area is 335 Å². The average molecular weight is 746 g/mol. The van der Waals surface area contributed by atoms with Gasteiger partial charge in [0.2, 0.25) is 0 Å². The molecule has 3 aromatic heterocycles. The van der Waals surface area contributed by atoms with Crippen LogP contribution in [0.1, 0.15) is 25.0 Å². The van der Waals surface area contributed by atoms with Gasteiger partial charge in [0.25, 0.3) is 0 Å². The third-order valence-corrected chi connectivity index (χ3v) is 11.4. The van der Waals surface area contributed by atoms with Crippen LogP contribution in [0.4, 0.5) is 0 Å². The molecule has 0 saturated heterocycles. The maximum Gasteiger partial charge on any atom is 0.172 e. The largest absolute Gasteiger partial charge is 0.258 e. The summed E-state index contributed by atoms with van der Waals surface area (Å²) >= 11 is 0. The summed E-state index contributed by atoms with van der Waals surface area (Å²) in [4.78, 5) is 19.9. The van der Waals surface area contributed by atoms with Gasteiger partial charge in [0, 0.05) is 38.6 Å². The molecule has 0 atom stereocenters. The van der Waals surface area contributed by atoms with E-state index in [4.69, 9.17) is 30.1 Å². The molecule has 11 rings (SSSR count). The summed E-state index contributed by atoms with van der Waals surface area (Å²) in [6.45, 7) is 4.61. The standard InChI is InChI=1S/C51H35N7/c1-51(2)42-19-11-9-17-39(42)40-30-29-38(31-43(40)51)48-52-44-20-12-10-18-41(44)50-57-56-49(58(48)50)37-27-23-33(24-28-37)32-21-25-36(26-22-32)47-54-45(34-13-5-3-6-14-34)53-46(55-47)35-15-7-4-8-16-35/h3-31H,1-2H3. The first-order chi connectivity index (χ1) is 28.5. The fourth-order valence-electron chi connectivity index (χ4n) is 8.37. The Morgan fingerprint density at radius 1 is 0.379 bits per heavy atom. The van der Waals surface area contributed by atoms with Crippen LogP contribution in [0.25, 0.3) is 95.7 Å². The lowest BCUT2D eigenvalue weighted by Gasteiger charge is -2.22. The molecule has 0 bridgehead atoms. The smallest absolute Gasteiger partial charge is 0.172 e. The Hall–Kier alpha value is -7.64. The van der Waals surface area contributed by atoms with E-state index in [0.29, 0.717) is 17.5 Å². The topological polar surface area (TPSA) is 81.8 Å². The fourth-order valence-corrected chi connectivity index (χ4v) is 8.37. The molecule has 0 spiro atoms. The van der Waals surface area contributed by atoms with Crippen molar-refractivity contribution in [2.75, 3.05) is 0 Å². The van der Waals surface area contributed by atoms with E-state index in [9.17, 15) is 0 Å². The van der Waals surface area contributed by atoms with Crippen LogP contribution in [-0.4, -0.2) is 34.5 Å². The second-order valence-corrected chi connectivity index (χ2v) is 15.3. The molecule has 0 amide bonds. The van der Waals surface area contributed by atoms with Gasteiger partial charge in [-0.1, -0.05) is 172 Å². The minimum absolute atomic E-state index is 0.135. The number of hydrogen-bond donors (Lipinski definition) is 0. The van der Waals surface area contributed by atoms with Gasteiger partial charge in [0.1, 0.15) is 5.82 Å². The zero-order valence-corrected chi connectivity index (χ0v) is 31.9. The Morgan fingerprint density at radius 2 is 0.879 bits per heavy atom. The lowest BCUT2D eigenvalue weighted by atomic mass is 9.82. The summed E-state index contributed by atoms with van der Waals surface area (Å²) in [6.07, 6.45) is 0. The summed E-state index contributed by atoms with van der Waals surface area (Å²) in [5.41, 5.74) is 13.7. The molecule has 1 aliphatic rings. The number of aromatic nitrogens is 7. The van der Waals surface area contributed by atoms with Gasteiger partial charge in [0.05, 0.1) is 5.52 Å². The second-order valence-electron chi connectivity index (χ2n) is 15.3. The normalized spacial score (nSPS) is 12.8.